The summed E-state index contributed by atoms with van der Waals surface area (Å²) < 4.78 is 0. The van der Waals surface area contributed by atoms with Gasteiger partial charge in [-0.05, 0) is 67.5 Å². The average molecular weight is 243 g/mol. The number of rotatable bonds is 10. The highest BCUT2D eigenvalue weighted by atomic mass is 15.2. The van der Waals surface area contributed by atoms with Crippen molar-refractivity contribution in [2.75, 3.05) is 53.9 Å². The molecule has 0 rings (SSSR count). The molecule has 17 heavy (non-hydrogen) atoms. The quantitative estimate of drug-likeness (QED) is 0.581. The van der Waals surface area contributed by atoms with Crippen LogP contribution in [0.2, 0.25) is 0 Å². The zero-order chi connectivity index (χ0) is 13.3. The minimum Gasteiger partial charge on any atom is -0.308 e. The molecule has 0 spiro atoms. The second-order valence-corrected chi connectivity index (χ2v) is 5.57. The molecule has 0 aliphatic rings. The van der Waals surface area contributed by atoms with Gasteiger partial charge in [-0.25, -0.2) is 0 Å². The summed E-state index contributed by atoms with van der Waals surface area (Å²) >= 11 is 0. The van der Waals surface area contributed by atoms with Crippen molar-refractivity contribution in [3.05, 3.63) is 0 Å². The van der Waals surface area contributed by atoms with E-state index in [0.717, 1.165) is 0 Å². The molecular weight excluding hydrogens is 210 g/mol. The Labute approximate surface area is 109 Å². The zero-order valence-corrected chi connectivity index (χ0v) is 12.9. The molecule has 0 atom stereocenters. The third-order valence-corrected chi connectivity index (χ3v) is 3.27. The van der Waals surface area contributed by atoms with E-state index in [1.54, 1.807) is 0 Å². The van der Waals surface area contributed by atoms with Crippen molar-refractivity contribution in [1.82, 2.24) is 14.7 Å². The van der Waals surface area contributed by atoms with Gasteiger partial charge in [0.15, 0.2) is 0 Å². The summed E-state index contributed by atoms with van der Waals surface area (Å²) in [5, 5.41) is 0. The van der Waals surface area contributed by atoms with E-state index in [1.165, 1.54) is 45.6 Å². The molecular formula is C14H33N3. The Morgan fingerprint density at radius 1 is 0.824 bits per heavy atom. The smallest absolute Gasteiger partial charge is 0.0109 e. The molecule has 0 saturated heterocycles. The van der Waals surface area contributed by atoms with Crippen molar-refractivity contribution < 1.29 is 0 Å². The summed E-state index contributed by atoms with van der Waals surface area (Å²) in [6.07, 6.45) is 2.54. The lowest BCUT2D eigenvalue weighted by atomic mass is 10.3. The van der Waals surface area contributed by atoms with Crippen LogP contribution in [0.25, 0.3) is 0 Å². The fourth-order valence-electron chi connectivity index (χ4n) is 1.79. The van der Waals surface area contributed by atoms with Gasteiger partial charge < -0.3 is 14.7 Å². The third kappa shape index (κ3) is 9.57. The summed E-state index contributed by atoms with van der Waals surface area (Å²) in [6.45, 7) is 12.8. The van der Waals surface area contributed by atoms with Crippen LogP contribution in [0, 0.1) is 0 Å². The Balaban J connectivity index is 3.76. The monoisotopic (exact) mass is 243 g/mol. The highest BCUT2D eigenvalue weighted by Crippen LogP contribution is 1.99. The first kappa shape index (κ1) is 16.9. The molecule has 0 aromatic heterocycles. The second-order valence-electron chi connectivity index (χ2n) is 5.57. The SMILES string of the molecule is CCCN(CCCN(C)C(C)C)CCN(C)C. The van der Waals surface area contributed by atoms with Gasteiger partial charge in [0.1, 0.15) is 0 Å². The number of hydrogen-bond donors (Lipinski definition) is 0. The topological polar surface area (TPSA) is 9.72 Å². The van der Waals surface area contributed by atoms with Crippen molar-refractivity contribution in [1.29, 1.82) is 0 Å². The van der Waals surface area contributed by atoms with Crippen LogP contribution in [0.3, 0.4) is 0 Å². The molecule has 0 bridgehead atoms. The van der Waals surface area contributed by atoms with E-state index < -0.39 is 0 Å². The van der Waals surface area contributed by atoms with E-state index in [0.29, 0.717) is 6.04 Å². The summed E-state index contributed by atoms with van der Waals surface area (Å²) in [5.74, 6) is 0. The van der Waals surface area contributed by atoms with Gasteiger partial charge >= 0.3 is 0 Å². The van der Waals surface area contributed by atoms with Crippen molar-refractivity contribution in [2.45, 2.75) is 39.7 Å². The molecule has 0 aliphatic heterocycles. The molecule has 3 nitrogen and oxygen atoms in total. The van der Waals surface area contributed by atoms with E-state index in [9.17, 15) is 0 Å². The summed E-state index contributed by atoms with van der Waals surface area (Å²) in [6, 6.07) is 0.663. The van der Waals surface area contributed by atoms with Crippen LogP contribution >= 0.6 is 0 Å². The van der Waals surface area contributed by atoms with Crippen LogP contribution < -0.4 is 0 Å². The van der Waals surface area contributed by atoms with Crippen LogP contribution in [0.1, 0.15) is 33.6 Å². The van der Waals surface area contributed by atoms with E-state index >= 15 is 0 Å². The standard InChI is InChI=1S/C14H33N3/c1-7-9-17(13-12-15(4)5)11-8-10-16(6)14(2)3/h14H,7-13H2,1-6H3. The molecule has 0 amide bonds. The minimum atomic E-state index is 0.663. The minimum absolute atomic E-state index is 0.663. The van der Waals surface area contributed by atoms with E-state index in [-0.39, 0.29) is 0 Å². The molecule has 0 N–H and O–H groups in total. The Morgan fingerprint density at radius 3 is 1.94 bits per heavy atom. The van der Waals surface area contributed by atoms with Gasteiger partial charge in [0.25, 0.3) is 0 Å². The van der Waals surface area contributed by atoms with E-state index in [4.69, 9.17) is 0 Å². The van der Waals surface area contributed by atoms with Crippen molar-refractivity contribution in [3.8, 4) is 0 Å². The predicted molar refractivity (Wildman–Crippen MR) is 77.7 cm³/mol. The van der Waals surface area contributed by atoms with Gasteiger partial charge in [-0.1, -0.05) is 6.92 Å². The fraction of sp³-hybridized carbons (Fsp3) is 1.00. The van der Waals surface area contributed by atoms with E-state index in [1.807, 2.05) is 0 Å². The van der Waals surface area contributed by atoms with Crippen LogP contribution in [0.4, 0.5) is 0 Å². The summed E-state index contributed by atoms with van der Waals surface area (Å²) in [4.78, 5) is 7.28. The molecule has 3 heteroatoms. The van der Waals surface area contributed by atoms with Crippen LogP contribution in [0.5, 0.6) is 0 Å². The van der Waals surface area contributed by atoms with Crippen LogP contribution in [-0.2, 0) is 0 Å². The van der Waals surface area contributed by atoms with E-state index in [2.05, 4.69) is 56.6 Å². The molecule has 104 valence electrons. The largest absolute Gasteiger partial charge is 0.308 e. The maximum Gasteiger partial charge on any atom is 0.0109 e. The lowest BCUT2D eigenvalue weighted by molar-refractivity contribution is 0.211. The molecule has 0 fully saturated rings. The Hall–Kier alpha value is -0.120. The molecule has 0 unspecified atom stereocenters. The lowest BCUT2D eigenvalue weighted by Gasteiger charge is -2.26. The first-order valence-electron chi connectivity index (χ1n) is 7.04. The van der Waals surface area contributed by atoms with Gasteiger partial charge in [0.2, 0.25) is 0 Å². The normalized spacial score (nSPS) is 12.4. The molecule has 0 saturated carbocycles. The van der Waals surface area contributed by atoms with Gasteiger partial charge in [-0.15, -0.1) is 0 Å². The maximum absolute atomic E-state index is 2.59. The molecule has 0 aromatic carbocycles. The summed E-state index contributed by atoms with van der Waals surface area (Å²) in [7, 11) is 6.52. The van der Waals surface area contributed by atoms with Gasteiger partial charge in [0.05, 0.1) is 0 Å². The number of likely N-dealkylation sites (N-methyl/N-ethyl adjacent to an activating group) is 1. The lowest BCUT2D eigenvalue weighted by Crippen LogP contribution is -2.35. The first-order valence-corrected chi connectivity index (χ1v) is 7.04. The molecule has 0 aliphatic carbocycles. The number of hydrogen-bond acceptors (Lipinski definition) is 3. The van der Waals surface area contributed by atoms with Gasteiger partial charge in [-0.3, -0.25) is 0 Å². The molecule has 0 aromatic rings. The fourth-order valence-corrected chi connectivity index (χ4v) is 1.79. The van der Waals surface area contributed by atoms with Crippen molar-refractivity contribution in [2.24, 2.45) is 0 Å². The predicted octanol–water partition coefficient (Wildman–Crippen LogP) is 1.99. The van der Waals surface area contributed by atoms with Crippen LogP contribution in [0.15, 0.2) is 0 Å². The molecule has 0 heterocycles. The van der Waals surface area contributed by atoms with Crippen molar-refractivity contribution >= 4 is 0 Å². The third-order valence-electron chi connectivity index (χ3n) is 3.27. The maximum atomic E-state index is 2.59. The zero-order valence-electron chi connectivity index (χ0n) is 12.9. The highest BCUT2D eigenvalue weighted by Gasteiger charge is 2.06. The first-order chi connectivity index (χ1) is 7.97. The number of nitrogens with zero attached hydrogens (tertiary/aromatic N) is 3. The Bertz CT molecular complexity index is 169. The average Bonchev–Trinajstić information content (AvgIpc) is 2.25. The Kier molecular flexibility index (Phi) is 9.79. The Morgan fingerprint density at radius 2 is 1.47 bits per heavy atom. The second kappa shape index (κ2) is 9.86. The van der Waals surface area contributed by atoms with Crippen molar-refractivity contribution in [3.63, 3.8) is 0 Å². The van der Waals surface area contributed by atoms with Crippen LogP contribution in [-0.4, -0.2) is 74.6 Å². The molecule has 0 radical (unpaired) electrons. The highest BCUT2D eigenvalue weighted by molar-refractivity contribution is 4.62. The van der Waals surface area contributed by atoms with Gasteiger partial charge in [-0.2, -0.15) is 0 Å². The van der Waals surface area contributed by atoms with Gasteiger partial charge in [0, 0.05) is 19.1 Å². The summed E-state index contributed by atoms with van der Waals surface area (Å²) in [5.41, 5.74) is 0.